The SMILES string of the molecule is CCC(=O)c1nn(-c2ccc(N=[N+]=[N-])cc2)c(=O)c2c(N)scc12. The minimum absolute atomic E-state index is 0.169. The Bertz CT molecular complexity index is 1040. The van der Waals surface area contributed by atoms with Crippen molar-refractivity contribution in [3.8, 4) is 5.69 Å². The third-order valence-electron chi connectivity index (χ3n) is 3.52. The van der Waals surface area contributed by atoms with E-state index in [2.05, 4.69) is 15.1 Å². The molecule has 0 fully saturated rings. The van der Waals surface area contributed by atoms with Crippen molar-refractivity contribution in [2.45, 2.75) is 13.3 Å². The van der Waals surface area contributed by atoms with Gasteiger partial charge in [0.2, 0.25) is 0 Å². The molecule has 0 spiro atoms. The zero-order valence-electron chi connectivity index (χ0n) is 12.6. The van der Waals surface area contributed by atoms with E-state index >= 15 is 0 Å². The van der Waals surface area contributed by atoms with E-state index in [1.807, 2.05) is 0 Å². The maximum Gasteiger partial charge on any atom is 0.282 e. The number of fused-ring (bicyclic) bond motifs is 1. The minimum atomic E-state index is -0.395. The lowest BCUT2D eigenvalue weighted by molar-refractivity contribution is 0.0983. The van der Waals surface area contributed by atoms with Crippen LogP contribution in [0.2, 0.25) is 0 Å². The lowest BCUT2D eigenvalue weighted by Gasteiger charge is -2.08. The van der Waals surface area contributed by atoms with Crippen LogP contribution in [0.25, 0.3) is 26.9 Å². The summed E-state index contributed by atoms with van der Waals surface area (Å²) in [6, 6.07) is 6.30. The third kappa shape index (κ3) is 2.51. The van der Waals surface area contributed by atoms with E-state index in [9.17, 15) is 9.59 Å². The standard InChI is InChI=1S/C15H12N6O2S/c1-2-11(22)13-10-7-24-14(16)12(10)15(23)21(19-13)9-5-3-8(4-6-9)18-20-17/h3-7H,2,16H2,1H3. The third-order valence-corrected chi connectivity index (χ3v) is 4.33. The van der Waals surface area contributed by atoms with Crippen LogP contribution < -0.4 is 11.3 Å². The van der Waals surface area contributed by atoms with Crippen molar-refractivity contribution in [3.63, 3.8) is 0 Å². The molecule has 0 atom stereocenters. The number of nitrogens with two attached hydrogens (primary N) is 1. The second-order valence-electron chi connectivity index (χ2n) is 4.94. The van der Waals surface area contributed by atoms with Crippen LogP contribution in [0.3, 0.4) is 0 Å². The first kappa shape index (κ1) is 15.7. The molecule has 0 radical (unpaired) electrons. The Kier molecular flexibility index (Phi) is 4.03. The van der Waals surface area contributed by atoms with Gasteiger partial charge < -0.3 is 5.73 Å². The van der Waals surface area contributed by atoms with Crippen LogP contribution in [0.15, 0.2) is 39.6 Å². The normalized spacial score (nSPS) is 10.5. The summed E-state index contributed by atoms with van der Waals surface area (Å²) in [7, 11) is 0. The molecular formula is C15H12N6O2S. The number of hydrogen-bond acceptors (Lipinski definition) is 6. The van der Waals surface area contributed by atoms with Gasteiger partial charge in [-0.2, -0.15) is 9.78 Å². The lowest BCUT2D eigenvalue weighted by atomic mass is 10.1. The maximum absolute atomic E-state index is 12.7. The zero-order chi connectivity index (χ0) is 17.3. The van der Waals surface area contributed by atoms with Crippen molar-refractivity contribution in [3.05, 3.63) is 56.1 Å². The largest absolute Gasteiger partial charge is 0.390 e. The number of ketones is 1. The van der Waals surface area contributed by atoms with Gasteiger partial charge in [0.25, 0.3) is 5.56 Å². The van der Waals surface area contributed by atoms with Gasteiger partial charge >= 0.3 is 0 Å². The van der Waals surface area contributed by atoms with Gasteiger partial charge in [-0.25, -0.2) is 0 Å². The Balaban J connectivity index is 2.29. The van der Waals surface area contributed by atoms with Crippen LogP contribution in [-0.4, -0.2) is 15.6 Å². The Morgan fingerprint density at radius 2 is 2.12 bits per heavy atom. The van der Waals surface area contributed by atoms with Crippen molar-refractivity contribution >= 4 is 38.6 Å². The van der Waals surface area contributed by atoms with E-state index in [4.69, 9.17) is 11.3 Å². The number of rotatable bonds is 4. The molecule has 3 aromatic rings. The van der Waals surface area contributed by atoms with Crippen molar-refractivity contribution in [2.24, 2.45) is 5.11 Å². The van der Waals surface area contributed by atoms with Crippen LogP contribution in [0, 0.1) is 0 Å². The Morgan fingerprint density at radius 3 is 2.75 bits per heavy atom. The number of benzene rings is 1. The van der Waals surface area contributed by atoms with Gasteiger partial charge in [-0.1, -0.05) is 24.2 Å². The highest BCUT2D eigenvalue weighted by molar-refractivity contribution is 7.15. The van der Waals surface area contributed by atoms with Gasteiger partial charge in [0.05, 0.1) is 16.1 Å². The Morgan fingerprint density at radius 1 is 1.42 bits per heavy atom. The summed E-state index contributed by atoms with van der Waals surface area (Å²) in [6.07, 6.45) is 0.270. The molecular weight excluding hydrogens is 328 g/mol. The average Bonchev–Trinajstić information content (AvgIpc) is 2.98. The van der Waals surface area contributed by atoms with Crippen LogP contribution in [0.4, 0.5) is 10.7 Å². The smallest absolute Gasteiger partial charge is 0.282 e. The molecule has 24 heavy (non-hydrogen) atoms. The van der Waals surface area contributed by atoms with E-state index < -0.39 is 5.56 Å². The number of carbonyl (C=O) groups excluding carboxylic acids is 1. The molecule has 0 saturated heterocycles. The summed E-state index contributed by atoms with van der Waals surface area (Å²) in [5.74, 6) is -0.169. The van der Waals surface area contributed by atoms with Crippen molar-refractivity contribution < 1.29 is 4.79 Å². The monoisotopic (exact) mass is 340 g/mol. The van der Waals surface area contributed by atoms with E-state index in [0.29, 0.717) is 27.1 Å². The van der Waals surface area contributed by atoms with Crippen molar-refractivity contribution in [2.75, 3.05) is 5.73 Å². The topological polar surface area (TPSA) is 127 Å². The van der Waals surface area contributed by atoms with Gasteiger partial charge in [0, 0.05) is 27.8 Å². The summed E-state index contributed by atoms with van der Waals surface area (Å²) in [5, 5.41) is 10.5. The van der Waals surface area contributed by atoms with E-state index in [-0.39, 0.29) is 17.9 Å². The summed E-state index contributed by atoms with van der Waals surface area (Å²) in [4.78, 5) is 27.6. The summed E-state index contributed by atoms with van der Waals surface area (Å²) < 4.78 is 1.15. The number of Topliss-reactive ketones (excluding diaryl/α,β-unsaturated/α-hetero) is 1. The van der Waals surface area contributed by atoms with Crippen LogP contribution >= 0.6 is 11.3 Å². The maximum atomic E-state index is 12.7. The predicted molar refractivity (Wildman–Crippen MR) is 93.1 cm³/mol. The zero-order valence-corrected chi connectivity index (χ0v) is 13.4. The molecule has 0 unspecified atom stereocenters. The van der Waals surface area contributed by atoms with E-state index in [0.717, 1.165) is 4.68 Å². The number of carbonyl (C=O) groups is 1. The highest BCUT2D eigenvalue weighted by atomic mass is 32.1. The number of azide groups is 1. The molecule has 9 heteroatoms. The minimum Gasteiger partial charge on any atom is -0.390 e. The molecule has 8 nitrogen and oxygen atoms in total. The van der Waals surface area contributed by atoms with Gasteiger partial charge in [-0.15, -0.1) is 11.3 Å². The fourth-order valence-corrected chi connectivity index (χ4v) is 3.12. The van der Waals surface area contributed by atoms with Gasteiger partial charge in [-0.05, 0) is 17.7 Å². The van der Waals surface area contributed by atoms with Gasteiger partial charge in [0.15, 0.2) is 5.78 Å². The Labute approximate surface area is 139 Å². The highest BCUT2D eigenvalue weighted by Crippen LogP contribution is 2.28. The van der Waals surface area contributed by atoms with Crippen molar-refractivity contribution in [1.29, 1.82) is 0 Å². The van der Waals surface area contributed by atoms with Gasteiger partial charge in [-0.3, -0.25) is 9.59 Å². The number of nitrogens with zero attached hydrogens (tertiary/aromatic N) is 5. The summed E-state index contributed by atoms with van der Waals surface area (Å²) in [5.41, 5.74) is 15.0. The fourth-order valence-electron chi connectivity index (χ4n) is 2.33. The quantitative estimate of drug-likeness (QED) is 0.337. The molecule has 0 aliphatic heterocycles. The second kappa shape index (κ2) is 6.15. The number of hydrogen-bond donors (Lipinski definition) is 1. The molecule has 2 N–H and O–H groups in total. The average molecular weight is 340 g/mol. The number of thiophene rings is 1. The lowest BCUT2D eigenvalue weighted by Crippen LogP contribution is -2.24. The summed E-state index contributed by atoms with van der Waals surface area (Å²) >= 11 is 1.20. The molecule has 120 valence electrons. The molecule has 1 aromatic carbocycles. The second-order valence-corrected chi connectivity index (χ2v) is 5.85. The van der Waals surface area contributed by atoms with E-state index in [1.54, 1.807) is 36.6 Å². The molecule has 0 aliphatic rings. The Hall–Kier alpha value is -3.16. The molecule has 2 heterocycles. The molecule has 0 bridgehead atoms. The first-order chi connectivity index (χ1) is 11.6. The number of anilines is 1. The first-order valence-electron chi connectivity index (χ1n) is 7.05. The van der Waals surface area contributed by atoms with Crippen molar-refractivity contribution in [1.82, 2.24) is 9.78 Å². The van der Waals surface area contributed by atoms with Crippen LogP contribution in [0.5, 0.6) is 0 Å². The molecule has 0 aliphatic carbocycles. The first-order valence-corrected chi connectivity index (χ1v) is 7.93. The van der Waals surface area contributed by atoms with Gasteiger partial charge in [0.1, 0.15) is 5.69 Å². The summed E-state index contributed by atoms with van der Waals surface area (Å²) in [6.45, 7) is 1.73. The predicted octanol–water partition coefficient (Wildman–Crippen LogP) is 3.56. The van der Waals surface area contributed by atoms with Crippen LogP contribution in [0.1, 0.15) is 23.8 Å². The molecule has 0 amide bonds. The van der Waals surface area contributed by atoms with Crippen LogP contribution in [-0.2, 0) is 0 Å². The number of aromatic nitrogens is 2. The van der Waals surface area contributed by atoms with E-state index in [1.165, 1.54) is 11.3 Å². The molecule has 2 aromatic heterocycles. The fraction of sp³-hybridized carbons (Fsp3) is 0.133. The highest BCUT2D eigenvalue weighted by Gasteiger charge is 2.19. The molecule has 0 saturated carbocycles. The molecule has 3 rings (SSSR count). The number of nitrogen functional groups attached to an aromatic ring is 1.